The molecule has 58 heavy (non-hydrogen) atoms. The Morgan fingerprint density at radius 3 is 1.72 bits per heavy atom. The quantitative estimate of drug-likeness (QED) is 0.0286. The number of hydrazine groups is 1. The summed E-state index contributed by atoms with van der Waals surface area (Å²) in [6.45, 7) is -2.84. The number of hydrogen-bond acceptors (Lipinski definition) is 9. The third-order valence-corrected chi connectivity index (χ3v) is 8.01. The molecule has 0 aliphatic rings. The monoisotopic (exact) mass is 826 g/mol. The number of fused-ring (bicyclic) bond motifs is 2. The van der Waals surface area contributed by atoms with Gasteiger partial charge >= 0.3 is 24.4 Å². The molecule has 0 atom stereocenters. The standard InChI is InChI=1S/C18H13F3N6O2S.C17H15F3N6O2/c19-18(20,21)9-23-16(28)24-12-3-1-2-10(6-12)13-8-22-14-7-11(4-5-27(13)14)15-25-26-17(30)29-15;18-17(19,20)9-23-16(28)24-12-3-1-2-10(6-12)13-8-22-14-7-11(15(27)25-21)4-5-26(13)14/h1-8H,9H2,(H,26,30)(H2,23,24,28);1-8H,9,21H2,(H,25,27)(H2,23,24,28). The molecule has 8 N–H and O–H groups in total. The first kappa shape index (κ1) is 40.4. The average molecular weight is 827 g/mol. The topological polar surface area (TPSA) is 214 Å². The Bertz CT molecular complexity index is 2670. The normalized spacial score (nSPS) is 11.4. The van der Waals surface area contributed by atoms with Crippen LogP contribution in [0.25, 0.3) is 45.3 Å². The van der Waals surface area contributed by atoms with Gasteiger partial charge in [0.25, 0.3) is 10.7 Å². The van der Waals surface area contributed by atoms with Crippen LogP contribution in [0.4, 0.5) is 47.3 Å². The van der Waals surface area contributed by atoms with E-state index in [1.54, 1.807) is 113 Å². The molecule has 0 saturated carbocycles. The van der Waals surface area contributed by atoms with Gasteiger partial charge < -0.3 is 25.7 Å². The van der Waals surface area contributed by atoms with Crippen LogP contribution in [-0.2, 0) is 0 Å². The molecule has 0 saturated heterocycles. The zero-order valence-electron chi connectivity index (χ0n) is 29.3. The number of nitrogens with one attached hydrogen (secondary N) is 6. The second kappa shape index (κ2) is 16.8. The smallest absolute Gasteiger partial charge is 0.405 e. The Balaban J connectivity index is 0.000000196. The SMILES string of the molecule is NNC(=O)c1ccn2c(-c3cccc(NC(=O)NCC(F)(F)F)c3)cnc2c1.O=C(NCC(F)(F)F)Nc1cccc(-c2cnc3cc(-c4n[nH]c(=S)o4)ccn23)c1. The fraction of sp³-hybridized carbons (Fsp3) is 0.114. The van der Waals surface area contributed by atoms with E-state index in [1.165, 1.54) is 0 Å². The molecule has 5 amide bonds. The molecule has 5 heterocycles. The molecule has 2 aromatic carbocycles. The lowest BCUT2D eigenvalue weighted by Crippen LogP contribution is -2.36. The summed E-state index contributed by atoms with van der Waals surface area (Å²) >= 11 is 4.88. The van der Waals surface area contributed by atoms with Crippen LogP contribution in [0.3, 0.4) is 0 Å². The maximum Gasteiger partial charge on any atom is 0.405 e. The van der Waals surface area contributed by atoms with E-state index >= 15 is 0 Å². The Labute approximate surface area is 326 Å². The molecule has 7 rings (SSSR count). The summed E-state index contributed by atoms with van der Waals surface area (Å²) in [6, 6.07) is 18.0. The van der Waals surface area contributed by atoms with E-state index in [0.29, 0.717) is 56.5 Å². The number of rotatable bonds is 8. The maximum absolute atomic E-state index is 12.2. The van der Waals surface area contributed by atoms with Crippen molar-refractivity contribution in [3.63, 3.8) is 0 Å². The first-order valence-corrected chi connectivity index (χ1v) is 16.9. The van der Waals surface area contributed by atoms with Gasteiger partial charge in [-0.25, -0.2) is 30.5 Å². The van der Waals surface area contributed by atoms with Crippen molar-refractivity contribution in [2.24, 2.45) is 5.84 Å². The number of alkyl halides is 6. The van der Waals surface area contributed by atoms with Crippen LogP contribution < -0.4 is 32.5 Å². The summed E-state index contributed by atoms with van der Waals surface area (Å²) in [5.74, 6) is 5.00. The fourth-order valence-electron chi connectivity index (χ4n) is 5.32. The maximum atomic E-state index is 12.2. The molecule has 5 aromatic heterocycles. The van der Waals surface area contributed by atoms with Crippen molar-refractivity contribution in [1.82, 2.24) is 45.0 Å². The highest BCUT2D eigenvalue weighted by atomic mass is 32.1. The molecule has 300 valence electrons. The molecule has 0 radical (unpaired) electrons. The molecule has 0 aliphatic carbocycles. The predicted octanol–water partition coefficient (Wildman–Crippen LogP) is 6.69. The molecule has 7 aromatic rings. The van der Waals surface area contributed by atoms with Gasteiger partial charge in [0.05, 0.1) is 23.8 Å². The van der Waals surface area contributed by atoms with Crippen molar-refractivity contribution in [3.8, 4) is 34.0 Å². The van der Waals surface area contributed by atoms with E-state index in [-0.39, 0.29) is 4.84 Å². The average Bonchev–Trinajstić information content (AvgIpc) is 3.94. The number of imidazole rings is 2. The Morgan fingerprint density at radius 1 is 0.724 bits per heavy atom. The number of H-pyrrole nitrogens is 1. The van der Waals surface area contributed by atoms with Crippen molar-refractivity contribution >= 4 is 52.9 Å². The van der Waals surface area contributed by atoms with E-state index < -0.39 is 43.4 Å². The first-order chi connectivity index (χ1) is 27.5. The van der Waals surface area contributed by atoms with E-state index in [9.17, 15) is 40.7 Å². The number of nitrogen functional groups attached to an aromatic ring is 1. The zero-order valence-corrected chi connectivity index (χ0v) is 30.1. The number of hydrogen-bond donors (Lipinski definition) is 7. The van der Waals surface area contributed by atoms with Crippen molar-refractivity contribution in [1.29, 1.82) is 0 Å². The lowest BCUT2D eigenvalue weighted by atomic mass is 10.1. The van der Waals surface area contributed by atoms with Gasteiger partial charge in [-0.3, -0.25) is 19.0 Å². The number of aromatic amines is 1. The molecule has 0 bridgehead atoms. The number of carbonyl (C=O) groups is 3. The molecule has 23 heteroatoms. The molecular weight excluding hydrogens is 799 g/mol. The Morgan fingerprint density at radius 2 is 1.24 bits per heavy atom. The summed E-state index contributed by atoms with van der Waals surface area (Å²) in [7, 11) is 0. The van der Waals surface area contributed by atoms with Gasteiger partial charge in [-0.05, 0) is 60.7 Å². The lowest BCUT2D eigenvalue weighted by molar-refractivity contribution is -0.123. The number of carbonyl (C=O) groups excluding carboxylic acids is 3. The van der Waals surface area contributed by atoms with Gasteiger partial charge in [-0.1, -0.05) is 24.3 Å². The molecule has 0 unspecified atom stereocenters. The van der Waals surface area contributed by atoms with Crippen LogP contribution >= 0.6 is 12.2 Å². The molecule has 0 fully saturated rings. The van der Waals surface area contributed by atoms with Gasteiger partial charge in [0.1, 0.15) is 24.4 Å². The second-order valence-electron chi connectivity index (χ2n) is 12.0. The fourth-order valence-corrected chi connectivity index (χ4v) is 5.45. The summed E-state index contributed by atoms with van der Waals surface area (Å²) in [4.78, 5) is 43.7. The number of benzene rings is 2. The van der Waals surface area contributed by atoms with E-state index in [0.717, 1.165) is 5.69 Å². The Hall–Kier alpha value is -7.27. The first-order valence-electron chi connectivity index (χ1n) is 16.5. The number of halogens is 6. The number of anilines is 2. The summed E-state index contributed by atoms with van der Waals surface area (Å²) in [5, 5.41) is 14.8. The van der Waals surface area contributed by atoms with Crippen LogP contribution in [0.1, 0.15) is 10.4 Å². The van der Waals surface area contributed by atoms with Gasteiger partial charge in [0.15, 0.2) is 0 Å². The highest BCUT2D eigenvalue weighted by Crippen LogP contribution is 2.27. The predicted molar refractivity (Wildman–Crippen MR) is 200 cm³/mol. The molecule has 0 aliphatic heterocycles. The third kappa shape index (κ3) is 10.3. The molecule has 0 spiro atoms. The summed E-state index contributed by atoms with van der Waals surface area (Å²) < 4.78 is 82.0. The van der Waals surface area contributed by atoms with Crippen LogP contribution in [0.15, 0.2) is 102 Å². The summed E-state index contributed by atoms with van der Waals surface area (Å²) in [5.41, 5.74) is 7.58. The van der Waals surface area contributed by atoms with Crippen LogP contribution in [0.2, 0.25) is 0 Å². The second-order valence-corrected chi connectivity index (χ2v) is 12.3. The van der Waals surface area contributed by atoms with Crippen LogP contribution in [0, 0.1) is 4.84 Å². The van der Waals surface area contributed by atoms with E-state index in [1.807, 2.05) is 9.83 Å². The van der Waals surface area contributed by atoms with E-state index in [4.69, 9.17) is 22.5 Å². The number of nitrogens with zero attached hydrogens (tertiary/aromatic N) is 5. The number of nitrogens with two attached hydrogens (primary N) is 1. The minimum absolute atomic E-state index is 0.164. The van der Waals surface area contributed by atoms with E-state index in [2.05, 4.69) is 30.8 Å². The van der Waals surface area contributed by atoms with Crippen LogP contribution in [-0.4, -0.2) is 72.4 Å². The number of urea groups is 2. The van der Waals surface area contributed by atoms with Gasteiger partial charge in [-0.15, -0.1) is 5.10 Å². The highest BCUT2D eigenvalue weighted by molar-refractivity contribution is 7.71. The van der Waals surface area contributed by atoms with Crippen LogP contribution in [0.5, 0.6) is 0 Å². The zero-order chi connectivity index (χ0) is 41.6. The van der Waals surface area contributed by atoms with Crippen molar-refractivity contribution < 1.29 is 45.1 Å². The van der Waals surface area contributed by atoms with Crippen molar-refractivity contribution in [2.75, 3.05) is 23.7 Å². The number of amides is 5. The van der Waals surface area contributed by atoms with Crippen molar-refractivity contribution in [2.45, 2.75) is 12.4 Å². The summed E-state index contributed by atoms with van der Waals surface area (Å²) in [6.07, 6.45) is -2.35. The van der Waals surface area contributed by atoms with Gasteiger partial charge in [0.2, 0.25) is 5.89 Å². The third-order valence-electron chi connectivity index (χ3n) is 7.84. The minimum Gasteiger partial charge on any atom is -0.409 e. The molecular formula is C35H28F6N12O4S. The van der Waals surface area contributed by atoms with Crippen molar-refractivity contribution in [3.05, 3.63) is 108 Å². The largest absolute Gasteiger partial charge is 0.409 e. The lowest BCUT2D eigenvalue weighted by Gasteiger charge is -2.11. The number of aromatic nitrogens is 6. The molecule has 16 nitrogen and oxygen atoms in total. The minimum atomic E-state index is -4.49. The van der Waals surface area contributed by atoms with Gasteiger partial charge in [-0.2, -0.15) is 26.3 Å². The number of pyridine rings is 2. The van der Waals surface area contributed by atoms with Gasteiger partial charge in [0, 0.05) is 46.0 Å². The Kier molecular flexibility index (Phi) is 11.7. The highest BCUT2D eigenvalue weighted by Gasteiger charge is 2.28.